The van der Waals surface area contributed by atoms with E-state index in [0.29, 0.717) is 38.9 Å². The first-order valence-corrected chi connectivity index (χ1v) is 17.7. The first-order chi connectivity index (χ1) is 24.3. The largest absolute Gasteiger partial charge is 0.312 e. The molecule has 0 unspecified atom stereocenters. The maximum Gasteiger partial charge on any atom is 0.247 e. The Bertz CT molecular complexity index is 2860. The van der Waals surface area contributed by atoms with Gasteiger partial charge in [-0.05, 0) is 106 Å². The van der Waals surface area contributed by atoms with Crippen LogP contribution in [0.4, 0.5) is 17.1 Å². The van der Waals surface area contributed by atoms with E-state index in [9.17, 15) is 9.59 Å². The van der Waals surface area contributed by atoms with E-state index in [1.165, 1.54) is 50.0 Å². The highest BCUT2D eigenvalue weighted by Crippen LogP contribution is 2.40. The molecule has 2 aliphatic heterocycles. The molecular formula is C45H35BN2O2. The van der Waals surface area contributed by atoms with Gasteiger partial charge in [-0.25, -0.2) is 0 Å². The zero-order valence-electron chi connectivity index (χ0n) is 28.6. The second kappa shape index (κ2) is 10.4. The Morgan fingerprint density at radius 3 is 2.02 bits per heavy atom. The van der Waals surface area contributed by atoms with E-state index < -0.39 is 0 Å². The van der Waals surface area contributed by atoms with Crippen LogP contribution in [0, 0.1) is 0 Å². The molecule has 2 aromatic heterocycles. The van der Waals surface area contributed by atoms with Gasteiger partial charge in [0.15, 0.2) is 10.9 Å². The minimum Gasteiger partial charge on any atom is -0.312 e. The third kappa shape index (κ3) is 3.89. The van der Waals surface area contributed by atoms with E-state index in [2.05, 4.69) is 110 Å². The van der Waals surface area contributed by atoms with Gasteiger partial charge in [-0.15, -0.1) is 0 Å². The normalized spacial score (nSPS) is 13.6. The number of hydrogen-bond acceptors (Lipinski definition) is 3. The van der Waals surface area contributed by atoms with Crippen LogP contribution in [0.25, 0.3) is 38.1 Å². The molecule has 0 saturated carbocycles. The second-order valence-corrected chi connectivity index (χ2v) is 14.8. The van der Waals surface area contributed by atoms with E-state index in [4.69, 9.17) is 0 Å². The van der Waals surface area contributed by atoms with Gasteiger partial charge < -0.3 is 9.30 Å². The molecule has 0 amide bonds. The summed E-state index contributed by atoms with van der Waals surface area (Å²) in [6.45, 7) is 9.02. The zero-order chi connectivity index (χ0) is 34.0. The lowest BCUT2D eigenvalue weighted by Crippen LogP contribution is -2.61. The topological polar surface area (TPSA) is 41.8 Å². The van der Waals surface area contributed by atoms with Gasteiger partial charge >= 0.3 is 0 Å². The van der Waals surface area contributed by atoms with E-state index in [-0.39, 0.29) is 17.6 Å². The average molecular weight is 647 g/mol. The molecular weight excluding hydrogens is 611 g/mol. The van der Waals surface area contributed by atoms with E-state index in [1.807, 2.05) is 42.5 Å². The van der Waals surface area contributed by atoms with Crippen LogP contribution in [0.5, 0.6) is 0 Å². The predicted molar refractivity (Wildman–Crippen MR) is 210 cm³/mol. The number of anilines is 3. The molecule has 6 aromatic carbocycles. The molecule has 0 aliphatic carbocycles. The maximum absolute atomic E-state index is 14.6. The number of nitrogens with zero attached hydrogens (tertiary/aromatic N) is 2. The highest BCUT2D eigenvalue weighted by atomic mass is 16.1. The van der Waals surface area contributed by atoms with Crippen molar-refractivity contribution >= 4 is 78.3 Å². The minimum atomic E-state index is -0.0340. The van der Waals surface area contributed by atoms with Crippen molar-refractivity contribution in [2.75, 3.05) is 4.90 Å². The van der Waals surface area contributed by atoms with Crippen LogP contribution in [-0.4, -0.2) is 11.1 Å². The Kier molecular flexibility index (Phi) is 6.09. The van der Waals surface area contributed by atoms with Crippen LogP contribution in [0.2, 0.25) is 0 Å². The van der Waals surface area contributed by atoms with Crippen molar-refractivity contribution in [3.63, 3.8) is 0 Å². The number of rotatable bonds is 3. The summed E-state index contributed by atoms with van der Waals surface area (Å²) in [6.07, 6.45) is 0.765. The van der Waals surface area contributed by atoms with Crippen molar-refractivity contribution in [1.29, 1.82) is 0 Å². The summed E-state index contributed by atoms with van der Waals surface area (Å²) < 4.78 is 2.17. The van der Waals surface area contributed by atoms with E-state index in [1.54, 1.807) is 0 Å². The van der Waals surface area contributed by atoms with Crippen molar-refractivity contribution in [3.05, 3.63) is 158 Å². The number of aromatic nitrogens is 1. The summed E-state index contributed by atoms with van der Waals surface area (Å²) in [5.41, 5.74) is 14.9. The lowest BCUT2D eigenvalue weighted by molar-refractivity contribution is 0.863. The summed E-state index contributed by atoms with van der Waals surface area (Å²) >= 11 is 0. The van der Waals surface area contributed by atoms with Gasteiger partial charge in [0.25, 0.3) is 0 Å². The van der Waals surface area contributed by atoms with Crippen LogP contribution in [0.3, 0.4) is 0 Å². The van der Waals surface area contributed by atoms with Gasteiger partial charge in [0.05, 0.1) is 16.6 Å². The van der Waals surface area contributed by atoms with Gasteiger partial charge in [0.1, 0.15) is 0 Å². The molecule has 50 heavy (non-hydrogen) atoms. The highest BCUT2D eigenvalue weighted by Gasteiger charge is 2.41. The lowest BCUT2D eigenvalue weighted by atomic mass is 9.31. The highest BCUT2D eigenvalue weighted by molar-refractivity contribution is 6.99. The molecule has 0 radical (unpaired) electrons. The Morgan fingerprint density at radius 1 is 0.560 bits per heavy atom. The van der Waals surface area contributed by atoms with Crippen LogP contribution in [0.15, 0.2) is 125 Å². The third-order valence-electron chi connectivity index (χ3n) is 11.3. The van der Waals surface area contributed by atoms with Crippen LogP contribution >= 0.6 is 0 Å². The second-order valence-electron chi connectivity index (χ2n) is 14.8. The van der Waals surface area contributed by atoms with Crippen molar-refractivity contribution in [2.45, 2.75) is 46.0 Å². The van der Waals surface area contributed by atoms with Gasteiger partial charge in [0, 0.05) is 38.6 Å². The Labute approximate surface area is 290 Å². The molecule has 0 atom stereocenters. The fourth-order valence-electron chi connectivity index (χ4n) is 8.86. The minimum absolute atomic E-state index is 0.0258. The van der Waals surface area contributed by atoms with Crippen molar-refractivity contribution in [1.82, 2.24) is 4.40 Å². The van der Waals surface area contributed by atoms with E-state index >= 15 is 0 Å². The molecule has 10 rings (SSSR count). The first-order valence-electron chi connectivity index (χ1n) is 17.7. The molecule has 0 N–H and O–H groups in total. The fourth-order valence-corrected chi connectivity index (χ4v) is 8.86. The molecule has 0 saturated heterocycles. The number of hydrogen-bond donors (Lipinski definition) is 0. The van der Waals surface area contributed by atoms with Crippen LogP contribution < -0.4 is 32.1 Å². The molecule has 240 valence electrons. The smallest absolute Gasteiger partial charge is 0.247 e. The van der Waals surface area contributed by atoms with Gasteiger partial charge in [-0.2, -0.15) is 0 Å². The first kappa shape index (κ1) is 29.3. The standard InChI is InChI=1S/C45H35BN2O2/c1-25(2)27-17-18-39-37(21-27)46-36-24-35-40(48-38-16-9-8-13-32(38)44(49)33-14-10-15-34(43(33)48)45(35)50)23-29(36)20-30-19-28(26(3)4)22-41(42(30)46)47(39)31-11-6-5-7-12-31/h5-19,21-26H,20H2,1-4H3. The molecule has 2 aliphatic rings. The van der Waals surface area contributed by atoms with Crippen molar-refractivity contribution < 1.29 is 0 Å². The molecule has 4 heterocycles. The Balaban J connectivity index is 1.35. The maximum atomic E-state index is 14.6. The molecule has 5 heteroatoms. The van der Waals surface area contributed by atoms with Gasteiger partial charge in [0.2, 0.25) is 6.71 Å². The Hall–Kier alpha value is -5.68. The lowest BCUT2D eigenvalue weighted by Gasteiger charge is -2.41. The van der Waals surface area contributed by atoms with Crippen molar-refractivity contribution in [3.8, 4) is 0 Å². The summed E-state index contributed by atoms with van der Waals surface area (Å²) in [4.78, 5) is 30.7. The molecule has 0 fully saturated rings. The summed E-state index contributed by atoms with van der Waals surface area (Å²) in [5, 5.41) is 2.51. The zero-order valence-corrected chi connectivity index (χ0v) is 28.6. The van der Waals surface area contributed by atoms with Crippen molar-refractivity contribution in [2.24, 2.45) is 0 Å². The van der Waals surface area contributed by atoms with Gasteiger partial charge in [-0.1, -0.05) is 93.8 Å². The molecule has 0 bridgehead atoms. The fraction of sp³-hybridized carbons (Fsp3) is 0.156. The Morgan fingerprint density at radius 2 is 1.26 bits per heavy atom. The predicted octanol–water partition coefficient (Wildman–Crippen LogP) is 8.01. The third-order valence-corrected chi connectivity index (χ3v) is 11.3. The molecule has 4 nitrogen and oxygen atoms in total. The number of para-hydroxylation sites is 3. The van der Waals surface area contributed by atoms with Crippen LogP contribution in [0.1, 0.15) is 61.8 Å². The SMILES string of the molecule is CC(C)c1ccc2c(c1)B1c3cc4c(=O)c5cccc6c(=O)c7ccccc7n(c4cc3Cc3cc(C(C)C)cc(c31)N2c1ccccc1)c65. The number of benzene rings is 6. The number of fused-ring (bicyclic) bond motifs is 8. The van der Waals surface area contributed by atoms with E-state index in [0.717, 1.165) is 23.1 Å². The summed E-state index contributed by atoms with van der Waals surface area (Å²) in [6, 6.07) is 40.4. The monoisotopic (exact) mass is 646 g/mol. The quantitative estimate of drug-likeness (QED) is 0.111. The van der Waals surface area contributed by atoms with Gasteiger partial charge in [-0.3, -0.25) is 9.59 Å². The average Bonchev–Trinajstić information content (AvgIpc) is 3.13. The molecule has 8 aromatic rings. The molecule has 0 spiro atoms. The number of pyridine rings is 2. The van der Waals surface area contributed by atoms with Crippen LogP contribution in [-0.2, 0) is 6.42 Å². The summed E-state index contributed by atoms with van der Waals surface area (Å²) in [5.74, 6) is 0.729. The summed E-state index contributed by atoms with van der Waals surface area (Å²) in [7, 11) is 0.